The van der Waals surface area contributed by atoms with Crippen LogP contribution in [0.4, 0.5) is 11.4 Å². The molecule has 2 amide bonds. The van der Waals surface area contributed by atoms with Crippen LogP contribution < -0.4 is 10.6 Å². The third-order valence-corrected chi connectivity index (χ3v) is 6.32. The lowest BCUT2D eigenvalue weighted by Gasteiger charge is -2.09. The third kappa shape index (κ3) is 5.81. The van der Waals surface area contributed by atoms with Crippen molar-refractivity contribution >= 4 is 46.3 Å². The summed E-state index contributed by atoms with van der Waals surface area (Å²) in [6.45, 7) is 0. The highest BCUT2D eigenvalue weighted by Crippen LogP contribution is 2.24. The second-order valence-corrected chi connectivity index (χ2v) is 8.64. The van der Waals surface area contributed by atoms with Crippen molar-refractivity contribution in [2.24, 2.45) is 0 Å². The maximum Gasteiger partial charge on any atom is 0.265 e. The lowest BCUT2D eigenvalue weighted by atomic mass is 10.1. The Morgan fingerprint density at radius 3 is 2.45 bits per heavy atom. The fourth-order valence-electron chi connectivity index (χ4n) is 2.83. The number of carbonyl (C=O) groups is 2. The molecule has 0 aliphatic carbocycles. The van der Waals surface area contributed by atoms with Crippen molar-refractivity contribution in [1.82, 2.24) is 4.98 Å². The van der Waals surface area contributed by atoms with E-state index in [1.54, 1.807) is 48.3 Å². The van der Waals surface area contributed by atoms with Gasteiger partial charge >= 0.3 is 0 Å². The van der Waals surface area contributed by atoms with Crippen LogP contribution in [0.15, 0.2) is 95.5 Å². The van der Waals surface area contributed by atoms with Crippen LogP contribution in [0.25, 0.3) is 0 Å². The molecule has 2 heterocycles. The van der Waals surface area contributed by atoms with E-state index in [4.69, 9.17) is 0 Å². The number of aromatic nitrogens is 1. The summed E-state index contributed by atoms with van der Waals surface area (Å²) < 4.78 is 0. The maximum absolute atomic E-state index is 12.6. The largest absolute Gasteiger partial charge is 0.322 e. The normalized spacial score (nSPS) is 10.5. The number of anilines is 2. The zero-order valence-electron chi connectivity index (χ0n) is 16.4. The number of thiophene rings is 1. The van der Waals surface area contributed by atoms with Crippen molar-refractivity contribution in [3.63, 3.8) is 0 Å². The second-order valence-electron chi connectivity index (χ2n) is 6.64. The number of carbonyl (C=O) groups excluding carboxylic acids is 2. The van der Waals surface area contributed by atoms with E-state index in [1.807, 2.05) is 54.0 Å². The predicted octanol–water partition coefficient (Wildman–Crippen LogP) is 5.94. The zero-order valence-corrected chi connectivity index (χ0v) is 18.1. The third-order valence-electron chi connectivity index (χ3n) is 4.37. The fraction of sp³-hybridized carbons (Fsp3) is 0.0417. The number of hydrogen-bond donors (Lipinski definition) is 2. The average Bonchev–Trinajstić information content (AvgIpc) is 3.35. The van der Waals surface area contributed by atoms with Gasteiger partial charge in [0.05, 0.1) is 4.88 Å². The number of amides is 2. The van der Waals surface area contributed by atoms with Gasteiger partial charge in [-0.2, -0.15) is 0 Å². The van der Waals surface area contributed by atoms with Gasteiger partial charge in [-0.3, -0.25) is 14.6 Å². The van der Waals surface area contributed by atoms with Gasteiger partial charge in [-0.25, -0.2) is 0 Å². The van der Waals surface area contributed by atoms with Gasteiger partial charge in [-0.15, -0.1) is 23.1 Å². The number of nitrogens with one attached hydrogen (secondary N) is 2. The van der Waals surface area contributed by atoms with Crippen LogP contribution in [0, 0.1) is 0 Å². The molecule has 0 bridgehead atoms. The van der Waals surface area contributed by atoms with Crippen molar-refractivity contribution in [3.05, 3.63) is 107 Å². The molecular weight excluding hydrogens is 426 g/mol. The van der Waals surface area contributed by atoms with Crippen molar-refractivity contribution in [2.45, 2.75) is 10.6 Å². The van der Waals surface area contributed by atoms with Crippen LogP contribution in [0.1, 0.15) is 25.6 Å². The van der Waals surface area contributed by atoms with Crippen LogP contribution in [0.3, 0.4) is 0 Å². The summed E-state index contributed by atoms with van der Waals surface area (Å²) >= 11 is 3.08. The number of rotatable bonds is 7. The molecule has 2 N–H and O–H groups in total. The van der Waals surface area contributed by atoms with Gasteiger partial charge in [-0.05, 0) is 65.5 Å². The molecule has 31 heavy (non-hydrogen) atoms. The first kappa shape index (κ1) is 20.8. The van der Waals surface area contributed by atoms with Crippen LogP contribution in [-0.4, -0.2) is 16.8 Å². The zero-order chi connectivity index (χ0) is 21.5. The number of nitrogens with zero attached hydrogens (tertiary/aromatic N) is 1. The summed E-state index contributed by atoms with van der Waals surface area (Å²) in [5, 5.41) is 7.57. The average molecular weight is 446 g/mol. The monoisotopic (exact) mass is 445 g/mol. The number of thioether (sulfide) groups is 1. The Labute approximate surface area is 188 Å². The molecule has 4 aromatic rings. The summed E-state index contributed by atoms with van der Waals surface area (Å²) in [5.74, 6) is 0.415. The summed E-state index contributed by atoms with van der Waals surface area (Å²) in [5.41, 5.74) is 2.92. The quantitative estimate of drug-likeness (QED) is 0.345. The highest BCUT2D eigenvalue weighted by Gasteiger charge is 2.10. The molecule has 0 atom stereocenters. The van der Waals surface area contributed by atoms with E-state index in [0.717, 1.165) is 16.2 Å². The second kappa shape index (κ2) is 10.1. The molecule has 2 aromatic heterocycles. The SMILES string of the molecule is O=C(Nc1ccc(SCc2cccnc2)cc1)c1cccc(NC(=O)c2cccs2)c1. The topological polar surface area (TPSA) is 71.1 Å². The Morgan fingerprint density at radius 1 is 0.871 bits per heavy atom. The summed E-state index contributed by atoms with van der Waals surface area (Å²) in [7, 11) is 0. The van der Waals surface area contributed by atoms with Crippen LogP contribution in [0.5, 0.6) is 0 Å². The lowest BCUT2D eigenvalue weighted by molar-refractivity contribution is 0.101. The molecular formula is C24H19N3O2S2. The summed E-state index contributed by atoms with van der Waals surface area (Å²) in [6, 6.07) is 22.2. The van der Waals surface area contributed by atoms with Gasteiger partial charge in [0.15, 0.2) is 0 Å². The number of hydrogen-bond acceptors (Lipinski definition) is 5. The van der Waals surface area contributed by atoms with Crippen LogP contribution >= 0.6 is 23.1 Å². The van der Waals surface area contributed by atoms with E-state index < -0.39 is 0 Å². The fourth-order valence-corrected chi connectivity index (χ4v) is 4.28. The molecule has 0 unspecified atom stereocenters. The number of benzene rings is 2. The molecule has 0 saturated carbocycles. The van der Waals surface area contributed by atoms with Crippen LogP contribution in [-0.2, 0) is 5.75 Å². The van der Waals surface area contributed by atoms with Gasteiger partial charge in [0, 0.05) is 40.0 Å². The lowest BCUT2D eigenvalue weighted by Crippen LogP contribution is -2.14. The molecule has 5 nitrogen and oxygen atoms in total. The van der Waals surface area contributed by atoms with E-state index in [0.29, 0.717) is 21.8 Å². The number of pyridine rings is 1. The van der Waals surface area contributed by atoms with E-state index in [9.17, 15) is 9.59 Å². The van der Waals surface area contributed by atoms with Crippen LogP contribution in [0.2, 0.25) is 0 Å². The molecule has 2 aromatic carbocycles. The van der Waals surface area contributed by atoms with E-state index in [-0.39, 0.29) is 11.8 Å². The Bertz CT molecular complexity index is 1160. The minimum absolute atomic E-state index is 0.188. The van der Waals surface area contributed by atoms with Gasteiger partial charge in [-0.1, -0.05) is 18.2 Å². The van der Waals surface area contributed by atoms with E-state index in [1.165, 1.54) is 11.3 Å². The standard InChI is InChI=1S/C24H19N3O2S2/c28-23(18-5-1-6-20(14-18)27-24(29)22-7-3-13-30-22)26-19-8-10-21(11-9-19)31-16-17-4-2-12-25-15-17/h1-15H,16H2,(H,26,28)(H,27,29). The first-order valence-electron chi connectivity index (χ1n) is 9.55. The first-order valence-corrected chi connectivity index (χ1v) is 11.4. The molecule has 0 spiro atoms. The molecule has 0 aliphatic rings. The molecule has 154 valence electrons. The first-order chi connectivity index (χ1) is 15.2. The molecule has 4 rings (SSSR count). The smallest absolute Gasteiger partial charge is 0.265 e. The Morgan fingerprint density at radius 2 is 1.71 bits per heavy atom. The highest BCUT2D eigenvalue weighted by molar-refractivity contribution is 7.98. The summed E-state index contributed by atoms with van der Waals surface area (Å²) in [4.78, 5) is 30.7. The van der Waals surface area contributed by atoms with Gasteiger partial charge in [0.25, 0.3) is 11.8 Å². The minimum Gasteiger partial charge on any atom is -0.322 e. The molecule has 0 fully saturated rings. The van der Waals surface area contributed by atoms with Crippen molar-refractivity contribution < 1.29 is 9.59 Å². The van der Waals surface area contributed by atoms with E-state index in [2.05, 4.69) is 15.6 Å². The van der Waals surface area contributed by atoms with Crippen molar-refractivity contribution in [2.75, 3.05) is 10.6 Å². The van der Waals surface area contributed by atoms with E-state index >= 15 is 0 Å². The van der Waals surface area contributed by atoms with Gasteiger partial charge in [0.1, 0.15) is 0 Å². The Kier molecular flexibility index (Phi) is 6.76. The predicted molar refractivity (Wildman–Crippen MR) is 127 cm³/mol. The molecule has 0 saturated heterocycles. The molecule has 0 aliphatic heterocycles. The summed E-state index contributed by atoms with van der Waals surface area (Å²) in [6.07, 6.45) is 3.62. The van der Waals surface area contributed by atoms with Gasteiger partial charge in [0.2, 0.25) is 0 Å². The molecule has 7 heteroatoms. The maximum atomic E-state index is 12.6. The van der Waals surface area contributed by atoms with Crippen molar-refractivity contribution in [3.8, 4) is 0 Å². The Hall–Kier alpha value is -3.42. The Balaban J connectivity index is 1.35. The highest BCUT2D eigenvalue weighted by atomic mass is 32.2. The van der Waals surface area contributed by atoms with Crippen molar-refractivity contribution in [1.29, 1.82) is 0 Å². The van der Waals surface area contributed by atoms with Gasteiger partial charge < -0.3 is 10.6 Å². The molecule has 0 radical (unpaired) electrons. The minimum atomic E-state index is -0.233.